The Labute approximate surface area is 131 Å². The summed E-state index contributed by atoms with van der Waals surface area (Å²) in [6.07, 6.45) is 2.02. The van der Waals surface area contributed by atoms with Crippen molar-refractivity contribution in [3.63, 3.8) is 0 Å². The van der Waals surface area contributed by atoms with Crippen LogP contribution in [0.2, 0.25) is 0 Å². The molecule has 0 saturated carbocycles. The molecule has 22 heavy (non-hydrogen) atoms. The van der Waals surface area contributed by atoms with Crippen LogP contribution in [0.15, 0.2) is 40.4 Å². The summed E-state index contributed by atoms with van der Waals surface area (Å²) >= 11 is 1.66. The number of nitrogens with one attached hydrogen (secondary N) is 1. The number of rotatable bonds is 3. The number of methoxy groups -OCH3 is 1. The predicted molar refractivity (Wildman–Crippen MR) is 82.5 cm³/mol. The third-order valence-corrected chi connectivity index (χ3v) is 4.29. The molecule has 8 heteroatoms. The minimum absolute atomic E-state index is 0.398. The van der Waals surface area contributed by atoms with E-state index in [4.69, 9.17) is 4.74 Å². The number of benzene rings is 1. The van der Waals surface area contributed by atoms with Crippen LogP contribution in [0.25, 0.3) is 0 Å². The molecule has 0 fully saturated rings. The van der Waals surface area contributed by atoms with E-state index >= 15 is 0 Å². The van der Waals surface area contributed by atoms with E-state index in [0.29, 0.717) is 17.2 Å². The highest BCUT2D eigenvalue weighted by molar-refractivity contribution is 7.98. The maximum absolute atomic E-state index is 12.2. The minimum atomic E-state index is -0.408. The normalized spacial score (nSPS) is 17.0. The summed E-state index contributed by atoms with van der Waals surface area (Å²) in [4.78, 5) is 13.4. The number of fused-ring (bicyclic) bond motifs is 1. The van der Waals surface area contributed by atoms with Crippen molar-refractivity contribution >= 4 is 23.7 Å². The van der Waals surface area contributed by atoms with Crippen molar-refractivity contribution in [3.05, 3.63) is 41.1 Å². The lowest BCUT2D eigenvalue weighted by Crippen LogP contribution is -2.29. The van der Waals surface area contributed by atoms with Gasteiger partial charge in [-0.15, -0.1) is 11.8 Å². The van der Waals surface area contributed by atoms with E-state index in [0.717, 1.165) is 10.5 Å². The molecule has 0 unspecified atom stereocenters. The SMILES string of the molecule is COC(=O)C1=C(C)Nc2nnnn2[C@H]1c1ccc(SC)cc1. The van der Waals surface area contributed by atoms with Gasteiger partial charge in [-0.1, -0.05) is 17.2 Å². The summed E-state index contributed by atoms with van der Waals surface area (Å²) in [6.45, 7) is 1.81. The van der Waals surface area contributed by atoms with Crippen molar-refractivity contribution in [1.82, 2.24) is 20.2 Å². The van der Waals surface area contributed by atoms with Gasteiger partial charge in [0.1, 0.15) is 6.04 Å². The number of nitrogens with zero attached hydrogens (tertiary/aromatic N) is 4. The monoisotopic (exact) mass is 317 g/mol. The molecular weight excluding hydrogens is 302 g/mol. The molecule has 1 aliphatic heterocycles. The van der Waals surface area contributed by atoms with Crippen LogP contribution in [0.1, 0.15) is 18.5 Å². The van der Waals surface area contributed by atoms with E-state index in [2.05, 4.69) is 20.8 Å². The number of carbonyl (C=O) groups is 1. The van der Waals surface area contributed by atoms with E-state index in [9.17, 15) is 4.79 Å². The van der Waals surface area contributed by atoms with Crippen LogP contribution in [-0.4, -0.2) is 39.5 Å². The molecule has 0 radical (unpaired) electrons. The lowest BCUT2D eigenvalue weighted by molar-refractivity contribution is -0.136. The van der Waals surface area contributed by atoms with Gasteiger partial charge >= 0.3 is 5.97 Å². The van der Waals surface area contributed by atoms with Gasteiger partial charge in [0.15, 0.2) is 0 Å². The zero-order chi connectivity index (χ0) is 15.7. The quantitative estimate of drug-likeness (QED) is 0.683. The number of esters is 1. The van der Waals surface area contributed by atoms with Crippen molar-refractivity contribution < 1.29 is 9.53 Å². The number of anilines is 1. The van der Waals surface area contributed by atoms with Crippen LogP contribution in [0.3, 0.4) is 0 Å². The molecular formula is C14H15N5O2S. The molecule has 0 saturated heterocycles. The molecule has 0 aliphatic carbocycles. The lowest BCUT2D eigenvalue weighted by atomic mass is 9.96. The molecule has 3 rings (SSSR count). The molecule has 1 aromatic carbocycles. The van der Waals surface area contributed by atoms with Gasteiger partial charge in [0.25, 0.3) is 0 Å². The van der Waals surface area contributed by atoms with Gasteiger partial charge in [-0.05, 0) is 41.3 Å². The van der Waals surface area contributed by atoms with E-state index in [1.807, 2.05) is 37.4 Å². The second kappa shape index (κ2) is 5.80. The summed E-state index contributed by atoms with van der Waals surface area (Å²) in [5.41, 5.74) is 2.11. The van der Waals surface area contributed by atoms with Crippen LogP contribution < -0.4 is 5.32 Å². The molecule has 1 atom stereocenters. The number of hydrogen-bond acceptors (Lipinski definition) is 7. The zero-order valence-corrected chi connectivity index (χ0v) is 13.2. The van der Waals surface area contributed by atoms with Gasteiger partial charge in [-0.2, -0.15) is 4.68 Å². The van der Waals surface area contributed by atoms with Crippen molar-refractivity contribution in [2.45, 2.75) is 17.9 Å². The average Bonchev–Trinajstić information content (AvgIpc) is 3.00. The molecule has 0 amide bonds. The number of ether oxygens (including phenoxy) is 1. The molecule has 0 bridgehead atoms. The number of thioether (sulfide) groups is 1. The number of allylic oxidation sites excluding steroid dienone is 1. The van der Waals surface area contributed by atoms with Crippen LogP contribution >= 0.6 is 11.8 Å². The van der Waals surface area contributed by atoms with Gasteiger partial charge in [0.05, 0.1) is 12.7 Å². The Bertz CT molecular complexity index is 738. The van der Waals surface area contributed by atoms with Gasteiger partial charge in [-0.25, -0.2) is 4.79 Å². The van der Waals surface area contributed by atoms with E-state index in [-0.39, 0.29) is 0 Å². The fraction of sp³-hybridized carbons (Fsp3) is 0.286. The van der Waals surface area contributed by atoms with Crippen LogP contribution in [-0.2, 0) is 9.53 Å². The molecule has 114 valence electrons. The first-order valence-electron chi connectivity index (χ1n) is 6.63. The topological polar surface area (TPSA) is 81.9 Å². The number of carbonyl (C=O) groups excluding carboxylic acids is 1. The third-order valence-electron chi connectivity index (χ3n) is 3.55. The molecule has 2 aromatic rings. The maximum atomic E-state index is 12.2. The van der Waals surface area contributed by atoms with Crippen molar-refractivity contribution in [2.75, 3.05) is 18.7 Å². The Morgan fingerprint density at radius 1 is 1.36 bits per heavy atom. The summed E-state index contributed by atoms with van der Waals surface area (Å²) in [5, 5.41) is 14.7. The van der Waals surface area contributed by atoms with Gasteiger partial charge in [0.2, 0.25) is 5.95 Å². The maximum Gasteiger partial charge on any atom is 0.338 e. The first kappa shape index (κ1) is 14.6. The molecule has 1 N–H and O–H groups in total. The Kier molecular flexibility index (Phi) is 3.84. The standard InChI is InChI=1S/C14H15N5O2S/c1-8-11(13(20)21-2)12(19-14(15-8)16-17-18-19)9-4-6-10(22-3)7-5-9/h4-7,12H,1-3H3,(H,15,16,18)/t12-/m0/s1. The summed E-state index contributed by atoms with van der Waals surface area (Å²) < 4.78 is 6.52. The van der Waals surface area contributed by atoms with Gasteiger partial charge in [0, 0.05) is 10.6 Å². The van der Waals surface area contributed by atoms with Gasteiger partial charge < -0.3 is 10.1 Å². The molecule has 1 aromatic heterocycles. The number of tetrazole rings is 1. The Morgan fingerprint density at radius 2 is 2.09 bits per heavy atom. The third kappa shape index (κ3) is 2.35. The zero-order valence-electron chi connectivity index (χ0n) is 12.4. The summed E-state index contributed by atoms with van der Waals surface area (Å²) in [7, 11) is 1.37. The van der Waals surface area contributed by atoms with E-state index in [1.54, 1.807) is 16.4 Å². The van der Waals surface area contributed by atoms with Gasteiger partial charge in [-0.3, -0.25) is 0 Å². The highest BCUT2D eigenvalue weighted by atomic mass is 32.2. The first-order chi connectivity index (χ1) is 10.7. The second-order valence-corrected chi connectivity index (χ2v) is 5.66. The molecule has 1 aliphatic rings. The molecule has 2 heterocycles. The minimum Gasteiger partial charge on any atom is -0.466 e. The fourth-order valence-electron chi connectivity index (χ4n) is 2.48. The van der Waals surface area contributed by atoms with Crippen molar-refractivity contribution in [1.29, 1.82) is 0 Å². The largest absolute Gasteiger partial charge is 0.466 e. The van der Waals surface area contributed by atoms with Crippen molar-refractivity contribution in [2.24, 2.45) is 0 Å². The Hall–Kier alpha value is -2.35. The predicted octanol–water partition coefficient (Wildman–Crippen LogP) is 1.86. The van der Waals surface area contributed by atoms with E-state index < -0.39 is 12.0 Å². The van der Waals surface area contributed by atoms with Crippen LogP contribution in [0, 0.1) is 0 Å². The van der Waals surface area contributed by atoms with Crippen LogP contribution in [0.4, 0.5) is 5.95 Å². The Balaban J connectivity index is 2.13. The Morgan fingerprint density at radius 3 is 2.73 bits per heavy atom. The van der Waals surface area contributed by atoms with Crippen molar-refractivity contribution in [3.8, 4) is 0 Å². The highest BCUT2D eigenvalue weighted by Crippen LogP contribution is 2.35. The number of aromatic nitrogens is 4. The second-order valence-electron chi connectivity index (χ2n) is 4.78. The first-order valence-corrected chi connectivity index (χ1v) is 7.86. The molecule has 0 spiro atoms. The summed E-state index contributed by atoms with van der Waals surface area (Å²) in [6, 6.07) is 7.56. The average molecular weight is 317 g/mol. The van der Waals surface area contributed by atoms with E-state index in [1.165, 1.54) is 7.11 Å². The molecule has 7 nitrogen and oxygen atoms in total. The van der Waals surface area contributed by atoms with Crippen LogP contribution in [0.5, 0.6) is 0 Å². The fourth-order valence-corrected chi connectivity index (χ4v) is 2.89. The lowest BCUT2D eigenvalue weighted by Gasteiger charge is -2.27. The number of hydrogen-bond donors (Lipinski definition) is 1. The smallest absolute Gasteiger partial charge is 0.338 e. The highest BCUT2D eigenvalue weighted by Gasteiger charge is 2.34. The summed E-state index contributed by atoms with van der Waals surface area (Å²) in [5.74, 6) is 0.106.